The molecule has 1 aromatic rings. The minimum absolute atomic E-state index is 0.303. The third-order valence-electron chi connectivity index (χ3n) is 2.53. The number of carbonyl (C=O) groups is 1. The molecule has 0 unspecified atom stereocenters. The second-order valence-electron chi connectivity index (χ2n) is 4.41. The molecule has 0 atom stereocenters. The van der Waals surface area contributed by atoms with Gasteiger partial charge in [0.25, 0.3) is 0 Å². The largest absolute Gasteiger partial charge is 0.463 e. The average Bonchev–Trinajstić information content (AvgIpc) is 2.27. The molecule has 0 bridgehead atoms. The zero-order chi connectivity index (χ0) is 13.5. The zero-order valence-electron chi connectivity index (χ0n) is 11.3. The number of benzene rings is 1. The molecule has 0 aliphatic carbocycles. The molecule has 96 valence electrons. The van der Waals surface area contributed by atoms with Crippen LogP contribution < -0.4 is 0 Å². The van der Waals surface area contributed by atoms with E-state index in [9.17, 15) is 4.79 Å². The van der Waals surface area contributed by atoms with Crippen LogP contribution in [0.2, 0.25) is 0 Å². The summed E-state index contributed by atoms with van der Waals surface area (Å²) >= 11 is 0. The minimum Gasteiger partial charge on any atom is -0.463 e. The lowest BCUT2D eigenvalue weighted by atomic mass is 10.0. The molecule has 18 heavy (non-hydrogen) atoms. The first-order chi connectivity index (χ1) is 8.52. The van der Waals surface area contributed by atoms with Crippen molar-refractivity contribution in [3.05, 3.63) is 53.1 Å². The maximum atomic E-state index is 11.2. The first kappa shape index (κ1) is 14.2. The van der Waals surface area contributed by atoms with Gasteiger partial charge in [-0.3, -0.25) is 0 Å². The van der Waals surface area contributed by atoms with Gasteiger partial charge in [0, 0.05) is 6.08 Å². The first-order valence-electron chi connectivity index (χ1n) is 6.11. The Balaban J connectivity index is 2.79. The normalized spacial score (nSPS) is 10.6. The van der Waals surface area contributed by atoms with Crippen molar-refractivity contribution >= 4 is 12.0 Å². The molecule has 0 aliphatic heterocycles. The van der Waals surface area contributed by atoms with E-state index in [1.165, 1.54) is 11.6 Å². The number of hydrogen-bond acceptors (Lipinski definition) is 2. The molecule has 0 N–H and O–H groups in total. The van der Waals surface area contributed by atoms with Crippen molar-refractivity contribution in [1.82, 2.24) is 0 Å². The van der Waals surface area contributed by atoms with Gasteiger partial charge in [-0.2, -0.15) is 0 Å². The van der Waals surface area contributed by atoms with Gasteiger partial charge in [-0.1, -0.05) is 30.4 Å². The summed E-state index contributed by atoms with van der Waals surface area (Å²) in [4.78, 5) is 11.2. The molecule has 0 spiro atoms. The number of esters is 1. The van der Waals surface area contributed by atoms with Crippen molar-refractivity contribution in [2.24, 2.45) is 0 Å². The Kier molecular flexibility index (Phi) is 5.37. The van der Waals surface area contributed by atoms with Gasteiger partial charge in [0.2, 0.25) is 0 Å². The third kappa shape index (κ3) is 4.58. The molecule has 0 saturated heterocycles. The van der Waals surface area contributed by atoms with Gasteiger partial charge in [-0.15, -0.1) is 0 Å². The van der Waals surface area contributed by atoms with Gasteiger partial charge in [0.15, 0.2) is 0 Å². The number of carbonyl (C=O) groups excluding carboxylic acids is 1. The molecule has 0 radical (unpaired) electrons. The topological polar surface area (TPSA) is 26.3 Å². The fourth-order valence-corrected chi connectivity index (χ4v) is 1.73. The summed E-state index contributed by atoms with van der Waals surface area (Å²) in [7, 11) is 0. The molecule has 0 heterocycles. The molecule has 1 aromatic carbocycles. The second kappa shape index (κ2) is 6.80. The van der Waals surface area contributed by atoms with Crippen LogP contribution in [0.5, 0.6) is 0 Å². The zero-order valence-corrected chi connectivity index (χ0v) is 11.3. The van der Waals surface area contributed by atoms with Crippen molar-refractivity contribution in [1.29, 1.82) is 0 Å². The molecule has 2 heteroatoms. The Morgan fingerprint density at radius 3 is 2.72 bits per heavy atom. The number of ether oxygens (including phenoxy) is 1. The highest BCUT2D eigenvalue weighted by molar-refractivity contribution is 5.87. The maximum absolute atomic E-state index is 11.2. The Bertz CT molecular complexity index is 470. The van der Waals surface area contributed by atoms with Crippen LogP contribution in [-0.4, -0.2) is 12.6 Å². The summed E-state index contributed by atoms with van der Waals surface area (Å²) in [6.45, 7) is 10.2. The van der Waals surface area contributed by atoms with Crippen LogP contribution in [0.4, 0.5) is 0 Å². The van der Waals surface area contributed by atoms with Gasteiger partial charge < -0.3 is 4.74 Å². The molecule has 0 amide bonds. The van der Waals surface area contributed by atoms with Crippen LogP contribution in [-0.2, 0) is 16.0 Å². The molecule has 0 aliphatic rings. The maximum Gasteiger partial charge on any atom is 0.330 e. The van der Waals surface area contributed by atoms with E-state index in [1.807, 2.05) is 19.9 Å². The summed E-state index contributed by atoms with van der Waals surface area (Å²) in [5, 5.41) is 0. The second-order valence-corrected chi connectivity index (χ2v) is 4.41. The van der Waals surface area contributed by atoms with Crippen LogP contribution in [0.1, 0.15) is 30.5 Å². The van der Waals surface area contributed by atoms with Gasteiger partial charge in [-0.25, -0.2) is 4.79 Å². The number of rotatable bonds is 5. The van der Waals surface area contributed by atoms with Gasteiger partial charge in [-0.05, 0) is 50.0 Å². The predicted octanol–water partition coefficient (Wildman–Crippen LogP) is 3.69. The average molecular weight is 244 g/mol. The van der Waals surface area contributed by atoms with Crippen LogP contribution in [0, 0.1) is 6.92 Å². The Morgan fingerprint density at radius 2 is 2.17 bits per heavy atom. The fourth-order valence-electron chi connectivity index (χ4n) is 1.73. The van der Waals surface area contributed by atoms with Crippen molar-refractivity contribution in [2.45, 2.75) is 27.2 Å². The van der Waals surface area contributed by atoms with Crippen molar-refractivity contribution in [3.63, 3.8) is 0 Å². The predicted molar refractivity (Wildman–Crippen MR) is 75.4 cm³/mol. The summed E-state index contributed by atoms with van der Waals surface area (Å²) < 4.78 is 4.84. The molecule has 1 rings (SSSR count). The quantitative estimate of drug-likeness (QED) is 0.448. The Morgan fingerprint density at radius 1 is 1.44 bits per heavy atom. The Hall–Kier alpha value is -1.83. The van der Waals surface area contributed by atoms with Crippen molar-refractivity contribution < 1.29 is 9.53 Å². The van der Waals surface area contributed by atoms with E-state index in [2.05, 4.69) is 18.7 Å². The molecule has 2 nitrogen and oxygen atoms in total. The van der Waals surface area contributed by atoms with E-state index in [4.69, 9.17) is 4.74 Å². The summed E-state index contributed by atoms with van der Waals surface area (Å²) in [5.41, 5.74) is 4.57. The number of hydrogen-bond donors (Lipinski definition) is 0. The van der Waals surface area contributed by atoms with Crippen LogP contribution >= 0.6 is 0 Å². The molecule has 0 fully saturated rings. The number of aryl methyl sites for hydroxylation is 1. The first-order valence-corrected chi connectivity index (χ1v) is 6.11. The van der Waals surface area contributed by atoms with Crippen molar-refractivity contribution in [3.8, 4) is 0 Å². The molecule has 0 aromatic heterocycles. The van der Waals surface area contributed by atoms with Gasteiger partial charge >= 0.3 is 5.97 Å². The van der Waals surface area contributed by atoms with Gasteiger partial charge in [0.05, 0.1) is 6.61 Å². The van der Waals surface area contributed by atoms with E-state index in [1.54, 1.807) is 13.0 Å². The summed E-state index contributed by atoms with van der Waals surface area (Å²) in [6, 6.07) is 6.20. The van der Waals surface area contributed by atoms with E-state index in [0.29, 0.717) is 6.61 Å². The van der Waals surface area contributed by atoms with Crippen LogP contribution in [0.15, 0.2) is 36.4 Å². The highest BCUT2D eigenvalue weighted by Gasteiger charge is 2.00. The van der Waals surface area contributed by atoms with Crippen LogP contribution in [0.3, 0.4) is 0 Å². The van der Waals surface area contributed by atoms with E-state index in [-0.39, 0.29) is 5.97 Å². The summed E-state index contributed by atoms with van der Waals surface area (Å²) in [6.07, 6.45) is 4.14. The fraction of sp³-hybridized carbons (Fsp3) is 0.312. The minimum atomic E-state index is -0.303. The Labute approximate surface area is 109 Å². The lowest BCUT2D eigenvalue weighted by molar-refractivity contribution is -0.137. The van der Waals surface area contributed by atoms with Crippen molar-refractivity contribution in [2.75, 3.05) is 6.61 Å². The third-order valence-corrected chi connectivity index (χ3v) is 2.53. The lowest BCUT2D eigenvalue weighted by Crippen LogP contribution is -1.98. The number of allylic oxidation sites excluding steroid dienone is 1. The SMILES string of the molecule is C=C(C)Cc1ccc(/C=C/C(=O)OCC)c(C)c1. The molecular weight excluding hydrogens is 224 g/mol. The lowest BCUT2D eigenvalue weighted by Gasteiger charge is -2.05. The van der Waals surface area contributed by atoms with E-state index < -0.39 is 0 Å². The van der Waals surface area contributed by atoms with E-state index >= 15 is 0 Å². The monoisotopic (exact) mass is 244 g/mol. The molecule has 0 saturated carbocycles. The summed E-state index contributed by atoms with van der Waals surface area (Å²) in [5.74, 6) is -0.303. The standard InChI is InChI=1S/C16H20O2/c1-5-18-16(17)9-8-15-7-6-14(10-12(2)3)11-13(15)4/h6-9,11H,2,5,10H2,1,3-4H3/b9-8+. The van der Waals surface area contributed by atoms with Crippen LogP contribution in [0.25, 0.3) is 6.08 Å². The smallest absolute Gasteiger partial charge is 0.330 e. The molecular formula is C16H20O2. The van der Waals surface area contributed by atoms with E-state index in [0.717, 1.165) is 23.1 Å². The highest BCUT2D eigenvalue weighted by Crippen LogP contribution is 2.15. The van der Waals surface area contributed by atoms with Gasteiger partial charge in [0.1, 0.15) is 0 Å². The highest BCUT2D eigenvalue weighted by atomic mass is 16.5.